The largest absolute Gasteiger partial charge is 0.470 e. The first-order chi connectivity index (χ1) is 16.2. The number of carbonyl (C=O) groups is 1. The minimum Gasteiger partial charge on any atom is -0.470 e. The van der Waals surface area contributed by atoms with Crippen molar-refractivity contribution in [3.8, 4) is 17.4 Å². The number of ether oxygens (including phenoxy) is 2. The third kappa shape index (κ3) is 3.85. The number of pyridine rings is 1. The van der Waals surface area contributed by atoms with E-state index in [-0.39, 0.29) is 12.5 Å². The molecule has 0 unspecified atom stereocenters. The monoisotopic (exact) mass is 445 g/mol. The molecule has 1 aromatic carbocycles. The van der Waals surface area contributed by atoms with Gasteiger partial charge < -0.3 is 19.3 Å². The highest BCUT2D eigenvalue weighted by Gasteiger charge is 2.19. The van der Waals surface area contributed by atoms with Crippen LogP contribution in [0.5, 0.6) is 5.88 Å². The summed E-state index contributed by atoms with van der Waals surface area (Å²) in [5.41, 5.74) is 2.17. The van der Waals surface area contributed by atoms with Gasteiger partial charge in [0.05, 0.1) is 11.3 Å². The van der Waals surface area contributed by atoms with E-state index < -0.39 is 0 Å². The Balaban J connectivity index is 1.51. The molecule has 166 valence electrons. The summed E-state index contributed by atoms with van der Waals surface area (Å²) in [6.45, 7) is 0.454. The van der Waals surface area contributed by atoms with Crippen molar-refractivity contribution in [1.82, 2.24) is 35.3 Å². The van der Waals surface area contributed by atoms with Gasteiger partial charge in [-0.15, -0.1) is 15.3 Å². The van der Waals surface area contributed by atoms with Gasteiger partial charge in [0.25, 0.3) is 5.91 Å². The number of hydrogen-bond donors (Lipinski definition) is 1. The van der Waals surface area contributed by atoms with Crippen LogP contribution in [-0.4, -0.2) is 50.0 Å². The number of fused-ring (bicyclic) bond motifs is 3. The summed E-state index contributed by atoms with van der Waals surface area (Å²) in [7, 11) is 3.15. The number of hydrogen-bond acceptors (Lipinski definition) is 9. The maximum atomic E-state index is 11.7. The quantitative estimate of drug-likeness (QED) is 0.401. The Morgan fingerprint density at radius 2 is 1.97 bits per heavy atom. The molecule has 0 atom stereocenters. The normalized spacial score (nSPS) is 11.2. The van der Waals surface area contributed by atoms with Gasteiger partial charge in [-0.2, -0.15) is 4.52 Å². The van der Waals surface area contributed by atoms with Gasteiger partial charge in [-0.3, -0.25) is 9.78 Å². The molecular weight excluding hydrogens is 426 g/mol. The molecular formula is C22H19N7O4. The average molecular weight is 445 g/mol. The molecule has 0 aliphatic carbocycles. The van der Waals surface area contributed by atoms with Crippen LogP contribution in [0.2, 0.25) is 0 Å². The summed E-state index contributed by atoms with van der Waals surface area (Å²) in [6, 6.07) is 12.8. The van der Waals surface area contributed by atoms with Gasteiger partial charge in [-0.25, -0.2) is 0 Å². The predicted molar refractivity (Wildman–Crippen MR) is 116 cm³/mol. The van der Waals surface area contributed by atoms with Crippen LogP contribution in [0.1, 0.15) is 21.8 Å². The van der Waals surface area contributed by atoms with Crippen LogP contribution < -0.4 is 10.1 Å². The first-order valence-corrected chi connectivity index (χ1v) is 10.1. The fraction of sp³-hybridized carbons (Fsp3) is 0.182. The third-order valence-electron chi connectivity index (χ3n) is 4.98. The van der Waals surface area contributed by atoms with Crippen molar-refractivity contribution in [2.45, 2.75) is 13.2 Å². The lowest BCUT2D eigenvalue weighted by molar-refractivity contribution is 0.0962. The third-order valence-corrected chi connectivity index (χ3v) is 4.98. The molecule has 0 fully saturated rings. The molecule has 1 N–H and O–H groups in total. The topological polar surface area (TPSA) is 130 Å². The minimum atomic E-state index is -0.199. The summed E-state index contributed by atoms with van der Waals surface area (Å²) in [6.07, 6.45) is 1.51. The number of benzene rings is 1. The van der Waals surface area contributed by atoms with Crippen LogP contribution in [-0.2, 0) is 18.0 Å². The summed E-state index contributed by atoms with van der Waals surface area (Å²) >= 11 is 0. The summed E-state index contributed by atoms with van der Waals surface area (Å²) in [5.74, 6) is 1.17. The Labute approximate surface area is 187 Å². The average Bonchev–Trinajstić information content (AvgIpc) is 3.49. The van der Waals surface area contributed by atoms with Crippen molar-refractivity contribution in [2.24, 2.45) is 0 Å². The van der Waals surface area contributed by atoms with Gasteiger partial charge in [0, 0.05) is 37.2 Å². The zero-order chi connectivity index (χ0) is 22.8. The molecule has 1 amide bonds. The van der Waals surface area contributed by atoms with E-state index in [2.05, 4.69) is 30.8 Å². The summed E-state index contributed by atoms with van der Waals surface area (Å²) in [5, 5.41) is 21.4. The van der Waals surface area contributed by atoms with Crippen molar-refractivity contribution in [2.75, 3.05) is 14.2 Å². The first-order valence-electron chi connectivity index (χ1n) is 10.1. The summed E-state index contributed by atoms with van der Waals surface area (Å²) < 4.78 is 18.0. The van der Waals surface area contributed by atoms with E-state index >= 15 is 0 Å². The van der Waals surface area contributed by atoms with Crippen LogP contribution in [0, 0.1) is 0 Å². The lowest BCUT2D eigenvalue weighted by Crippen LogP contribution is -2.18. The molecule has 4 aromatic heterocycles. The number of rotatable bonds is 7. The number of nitrogens with zero attached hydrogens (tertiary/aromatic N) is 6. The van der Waals surface area contributed by atoms with Gasteiger partial charge >= 0.3 is 0 Å². The van der Waals surface area contributed by atoms with Crippen LogP contribution in [0.15, 0.2) is 53.2 Å². The Morgan fingerprint density at radius 1 is 1.12 bits per heavy atom. The number of carbonyl (C=O) groups excluding carboxylic acids is 1. The van der Waals surface area contributed by atoms with E-state index in [1.807, 2.05) is 24.3 Å². The molecule has 0 saturated heterocycles. The Morgan fingerprint density at radius 3 is 2.73 bits per heavy atom. The molecule has 11 nitrogen and oxygen atoms in total. The molecule has 5 aromatic rings. The molecule has 33 heavy (non-hydrogen) atoms. The smallest absolute Gasteiger partial charge is 0.252 e. The highest BCUT2D eigenvalue weighted by atomic mass is 16.5. The van der Waals surface area contributed by atoms with Gasteiger partial charge in [0.15, 0.2) is 17.1 Å². The second-order valence-electron chi connectivity index (χ2n) is 7.13. The highest BCUT2D eigenvalue weighted by Crippen LogP contribution is 2.29. The van der Waals surface area contributed by atoms with Gasteiger partial charge in [-0.05, 0) is 18.2 Å². The van der Waals surface area contributed by atoms with E-state index in [1.165, 1.54) is 6.20 Å². The van der Waals surface area contributed by atoms with Gasteiger partial charge in [-0.1, -0.05) is 23.4 Å². The minimum absolute atomic E-state index is 0.163. The molecule has 0 spiro atoms. The first kappa shape index (κ1) is 20.5. The highest BCUT2D eigenvalue weighted by molar-refractivity contribution is 5.97. The molecule has 0 radical (unpaired) electrons. The van der Waals surface area contributed by atoms with E-state index in [9.17, 15) is 4.79 Å². The SMILES string of the molecule is CNC(=O)c1ccc(COc2nn3c(-c4cc(COC)on4)nnc3c3ccccc23)nc1. The standard InChI is InChI=1S/C22H19N7O4/c1-23-21(30)13-7-8-14(24-10-13)11-32-22-17-6-4-3-5-16(17)19-25-26-20(29(19)27-22)18-9-15(12-31-2)33-28-18/h3-10H,11-12H2,1-2H3,(H,23,30). The van der Waals surface area contributed by atoms with Crippen molar-refractivity contribution in [3.05, 3.63) is 65.7 Å². The number of aromatic nitrogens is 6. The van der Waals surface area contributed by atoms with Gasteiger partial charge in [0.1, 0.15) is 13.2 Å². The van der Waals surface area contributed by atoms with Crippen LogP contribution >= 0.6 is 0 Å². The Bertz CT molecular complexity index is 1440. The van der Waals surface area contributed by atoms with E-state index in [1.54, 1.807) is 36.9 Å². The maximum Gasteiger partial charge on any atom is 0.252 e. The molecule has 0 bridgehead atoms. The van der Waals surface area contributed by atoms with E-state index in [4.69, 9.17) is 14.0 Å². The fourth-order valence-electron chi connectivity index (χ4n) is 3.38. The van der Waals surface area contributed by atoms with Crippen LogP contribution in [0.3, 0.4) is 0 Å². The maximum absolute atomic E-state index is 11.7. The van der Waals surface area contributed by atoms with Crippen molar-refractivity contribution in [1.29, 1.82) is 0 Å². The lowest BCUT2D eigenvalue weighted by atomic mass is 10.2. The summed E-state index contributed by atoms with van der Waals surface area (Å²) in [4.78, 5) is 16.0. The zero-order valence-electron chi connectivity index (χ0n) is 17.8. The van der Waals surface area contributed by atoms with Crippen LogP contribution in [0.25, 0.3) is 27.9 Å². The fourth-order valence-corrected chi connectivity index (χ4v) is 3.38. The Kier molecular flexibility index (Phi) is 5.37. The number of amides is 1. The van der Waals surface area contributed by atoms with E-state index in [0.717, 1.165) is 10.8 Å². The van der Waals surface area contributed by atoms with Gasteiger partial charge in [0.2, 0.25) is 11.7 Å². The second kappa shape index (κ2) is 8.63. The molecule has 4 heterocycles. The lowest BCUT2D eigenvalue weighted by Gasteiger charge is -2.09. The van der Waals surface area contributed by atoms with Crippen molar-refractivity contribution < 1.29 is 18.8 Å². The predicted octanol–water partition coefficient (Wildman–Crippen LogP) is 2.41. The zero-order valence-corrected chi connectivity index (χ0v) is 17.8. The molecule has 0 aliphatic rings. The number of nitrogens with one attached hydrogen (secondary N) is 1. The number of methoxy groups -OCH3 is 1. The van der Waals surface area contributed by atoms with Crippen LogP contribution in [0.4, 0.5) is 0 Å². The molecule has 0 saturated carbocycles. The van der Waals surface area contributed by atoms with E-state index in [0.29, 0.717) is 46.7 Å². The van der Waals surface area contributed by atoms with Crippen molar-refractivity contribution in [3.63, 3.8) is 0 Å². The Hall–Kier alpha value is -4.38. The second-order valence-corrected chi connectivity index (χ2v) is 7.13. The molecule has 0 aliphatic heterocycles. The van der Waals surface area contributed by atoms with Crippen molar-refractivity contribution >= 4 is 22.3 Å². The molecule has 5 rings (SSSR count). The molecule has 11 heteroatoms.